The second-order valence-electron chi connectivity index (χ2n) is 9.52. The zero-order chi connectivity index (χ0) is 26.5. The summed E-state index contributed by atoms with van der Waals surface area (Å²) in [4.78, 5) is 26.8. The molecule has 38 heavy (non-hydrogen) atoms. The van der Waals surface area contributed by atoms with Crippen LogP contribution >= 0.6 is 0 Å². The van der Waals surface area contributed by atoms with Gasteiger partial charge in [0.15, 0.2) is 5.82 Å². The first-order chi connectivity index (χ1) is 18.5. The molecule has 1 saturated heterocycles. The summed E-state index contributed by atoms with van der Waals surface area (Å²) < 4.78 is 0. The Hall–Kier alpha value is -4.34. The molecule has 0 atom stereocenters. The summed E-state index contributed by atoms with van der Waals surface area (Å²) in [7, 11) is 2.10. The summed E-state index contributed by atoms with van der Waals surface area (Å²) in [5, 5.41) is 15.5. The van der Waals surface area contributed by atoms with E-state index in [1.165, 1.54) is 0 Å². The largest absolute Gasteiger partial charge is 0.340 e. The van der Waals surface area contributed by atoms with Gasteiger partial charge < -0.3 is 15.5 Å². The lowest BCUT2D eigenvalue weighted by Crippen LogP contribution is -2.47. The highest BCUT2D eigenvalue weighted by Gasteiger charge is 2.17. The number of amides is 1. The van der Waals surface area contributed by atoms with E-state index in [0.717, 1.165) is 59.2 Å². The summed E-state index contributed by atoms with van der Waals surface area (Å²) in [5.74, 6) is 1.19. The lowest BCUT2D eigenvalue weighted by Gasteiger charge is -2.31. The Morgan fingerprint density at radius 2 is 1.95 bits per heavy atom. The minimum absolute atomic E-state index is 0.0299. The van der Waals surface area contributed by atoms with Gasteiger partial charge in [-0.1, -0.05) is 30.9 Å². The van der Waals surface area contributed by atoms with Crippen LogP contribution in [0.3, 0.4) is 0 Å². The van der Waals surface area contributed by atoms with Crippen molar-refractivity contribution in [3.63, 3.8) is 0 Å². The number of H-pyrrole nitrogens is 1. The molecule has 1 amide bonds. The van der Waals surface area contributed by atoms with E-state index >= 15 is 0 Å². The summed E-state index contributed by atoms with van der Waals surface area (Å²) in [5.41, 5.74) is 4.14. The van der Waals surface area contributed by atoms with Crippen molar-refractivity contribution in [1.82, 2.24) is 35.3 Å². The Kier molecular flexibility index (Phi) is 7.57. The maximum Gasteiger partial charge on any atom is 0.238 e. The third-order valence-corrected chi connectivity index (χ3v) is 6.53. The third kappa shape index (κ3) is 5.96. The fraction of sp³-hybridized carbons (Fsp3) is 0.241. The number of hydrogen-bond donors (Lipinski definition) is 3. The number of nitrogens with zero attached hydrogens (tertiary/aromatic N) is 5. The Labute approximate surface area is 222 Å². The molecule has 9 heteroatoms. The van der Waals surface area contributed by atoms with Crippen LogP contribution in [-0.4, -0.2) is 75.6 Å². The van der Waals surface area contributed by atoms with E-state index < -0.39 is 0 Å². The summed E-state index contributed by atoms with van der Waals surface area (Å²) in [6, 6.07) is 13.9. The van der Waals surface area contributed by atoms with Crippen LogP contribution in [-0.2, 0) is 4.79 Å². The van der Waals surface area contributed by atoms with Crippen LogP contribution < -0.4 is 10.6 Å². The number of piperazine rings is 1. The second kappa shape index (κ2) is 11.4. The second-order valence-corrected chi connectivity index (χ2v) is 9.52. The average Bonchev–Trinajstić information content (AvgIpc) is 3.38. The molecule has 0 spiro atoms. The molecule has 3 N–H and O–H groups in total. The molecule has 0 saturated carbocycles. The van der Waals surface area contributed by atoms with Crippen LogP contribution in [0.2, 0.25) is 0 Å². The van der Waals surface area contributed by atoms with Crippen molar-refractivity contribution in [3.05, 3.63) is 85.0 Å². The van der Waals surface area contributed by atoms with E-state index in [1.54, 1.807) is 12.3 Å². The molecule has 3 heterocycles. The lowest BCUT2D eigenvalue weighted by molar-refractivity contribution is -0.121. The number of allylic oxidation sites excluding steroid dienone is 5. The third-order valence-electron chi connectivity index (χ3n) is 6.53. The molecule has 0 unspecified atom stereocenters. The standard InChI is InChI=1S/C29H32N8O/c1-4-7-21(16-20(2)31-27(38)19-37-14-12-36(3)13-15-37)28-33-26-9-6-5-8-24(26)29(34-28)32-23-10-11-25-22(17-23)18-30-35-25/h4-11,16-18H,1,12-15,19H2,2-3H3,(H,30,35)(H,31,38)(H,32,33,34)/b20-16+,21-7+. The van der Waals surface area contributed by atoms with Gasteiger partial charge in [-0.2, -0.15) is 5.10 Å². The van der Waals surface area contributed by atoms with E-state index in [1.807, 2.05) is 61.5 Å². The number of benzene rings is 2. The number of carbonyl (C=O) groups excluding carboxylic acids is 1. The Morgan fingerprint density at radius 3 is 2.76 bits per heavy atom. The van der Waals surface area contributed by atoms with Gasteiger partial charge in [0.05, 0.1) is 23.8 Å². The maximum atomic E-state index is 12.7. The molecule has 2 aromatic carbocycles. The monoisotopic (exact) mass is 508 g/mol. The van der Waals surface area contributed by atoms with Gasteiger partial charge in [0.2, 0.25) is 5.91 Å². The molecule has 0 bridgehead atoms. The van der Waals surface area contributed by atoms with Gasteiger partial charge in [-0.05, 0) is 50.4 Å². The molecular weight excluding hydrogens is 476 g/mol. The van der Waals surface area contributed by atoms with Gasteiger partial charge in [-0.15, -0.1) is 0 Å². The van der Waals surface area contributed by atoms with E-state index in [9.17, 15) is 4.79 Å². The predicted molar refractivity (Wildman–Crippen MR) is 153 cm³/mol. The van der Waals surface area contributed by atoms with Crippen LogP contribution in [0.4, 0.5) is 11.5 Å². The topological polar surface area (TPSA) is 102 Å². The maximum absolute atomic E-state index is 12.7. The van der Waals surface area contributed by atoms with E-state index in [2.05, 4.69) is 44.3 Å². The fourth-order valence-corrected chi connectivity index (χ4v) is 4.51. The quantitative estimate of drug-likeness (QED) is 0.308. The molecule has 194 valence electrons. The van der Waals surface area contributed by atoms with Crippen LogP contribution in [0.25, 0.3) is 27.4 Å². The van der Waals surface area contributed by atoms with Crippen LogP contribution in [0.1, 0.15) is 12.7 Å². The SMILES string of the molecule is C=C/C=C(\C=C(/C)NC(=O)CN1CCN(C)CC1)c1nc(Nc2ccc3[nH]ncc3c2)c2ccccc2n1. The van der Waals surface area contributed by atoms with Gasteiger partial charge in [0.25, 0.3) is 0 Å². The summed E-state index contributed by atoms with van der Waals surface area (Å²) >= 11 is 0. The molecule has 4 aromatic rings. The Bertz CT molecular complexity index is 1530. The number of aromatic amines is 1. The zero-order valence-corrected chi connectivity index (χ0v) is 21.7. The highest BCUT2D eigenvalue weighted by Crippen LogP contribution is 2.28. The van der Waals surface area contributed by atoms with Crippen LogP contribution in [0, 0.1) is 0 Å². The average molecular weight is 509 g/mol. The Morgan fingerprint density at radius 1 is 1.13 bits per heavy atom. The minimum atomic E-state index is -0.0299. The molecule has 0 radical (unpaired) electrons. The number of hydrogen-bond acceptors (Lipinski definition) is 7. The van der Waals surface area contributed by atoms with Gasteiger partial charge in [-0.25, -0.2) is 9.97 Å². The van der Waals surface area contributed by atoms with Crippen molar-refractivity contribution in [2.24, 2.45) is 0 Å². The molecule has 1 aliphatic heterocycles. The normalized spacial score (nSPS) is 15.6. The first-order valence-electron chi connectivity index (χ1n) is 12.7. The lowest BCUT2D eigenvalue weighted by atomic mass is 10.1. The highest BCUT2D eigenvalue weighted by molar-refractivity contribution is 5.93. The van der Waals surface area contributed by atoms with Crippen LogP contribution in [0.5, 0.6) is 0 Å². The molecule has 0 aliphatic carbocycles. The first-order valence-corrected chi connectivity index (χ1v) is 12.7. The summed E-state index contributed by atoms with van der Waals surface area (Å²) in [6.07, 6.45) is 7.22. The van der Waals surface area contributed by atoms with Gasteiger partial charge >= 0.3 is 0 Å². The number of fused-ring (bicyclic) bond motifs is 2. The Balaban J connectivity index is 1.40. The molecule has 2 aromatic heterocycles. The fourth-order valence-electron chi connectivity index (χ4n) is 4.51. The summed E-state index contributed by atoms with van der Waals surface area (Å²) in [6.45, 7) is 9.85. The zero-order valence-electron chi connectivity index (χ0n) is 21.7. The smallest absolute Gasteiger partial charge is 0.238 e. The van der Waals surface area contributed by atoms with Crippen molar-refractivity contribution >= 4 is 44.8 Å². The van der Waals surface area contributed by atoms with E-state index in [-0.39, 0.29) is 5.91 Å². The van der Waals surface area contributed by atoms with Crippen LogP contribution in [0.15, 0.2) is 79.2 Å². The predicted octanol–water partition coefficient (Wildman–Crippen LogP) is 4.09. The minimum Gasteiger partial charge on any atom is -0.340 e. The number of nitrogens with one attached hydrogen (secondary N) is 3. The molecule has 9 nitrogen and oxygen atoms in total. The molecular formula is C29H32N8O. The molecule has 1 aliphatic rings. The highest BCUT2D eigenvalue weighted by atomic mass is 16.2. The first kappa shape index (κ1) is 25.3. The van der Waals surface area contributed by atoms with Crippen molar-refractivity contribution in [2.45, 2.75) is 6.92 Å². The molecule has 1 fully saturated rings. The van der Waals surface area contributed by atoms with Crippen molar-refractivity contribution in [1.29, 1.82) is 0 Å². The van der Waals surface area contributed by atoms with Gasteiger partial charge in [0, 0.05) is 53.9 Å². The van der Waals surface area contributed by atoms with E-state index in [4.69, 9.17) is 9.97 Å². The number of anilines is 2. The van der Waals surface area contributed by atoms with E-state index in [0.29, 0.717) is 23.9 Å². The number of carbonyl (C=O) groups is 1. The molecule has 5 rings (SSSR count). The van der Waals surface area contributed by atoms with Crippen molar-refractivity contribution in [2.75, 3.05) is 45.1 Å². The number of aromatic nitrogens is 4. The van der Waals surface area contributed by atoms with Gasteiger partial charge in [-0.3, -0.25) is 14.8 Å². The number of rotatable bonds is 8. The van der Waals surface area contributed by atoms with Crippen molar-refractivity contribution in [3.8, 4) is 0 Å². The number of likely N-dealkylation sites (N-methyl/N-ethyl adjacent to an activating group) is 1. The van der Waals surface area contributed by atoms with Gasteiger partial charge in [0.1, 0.15) is 5.82 Å². The number of para-hydroxylation sites is 1. The van der Waals surface area contributed by atoms with Crippen molar-refractivity contribution < 1.29 is 4.79 Å².